The summed E-state index contributed by atoms with van der Waals surface area (Å²) in [5.41, 5.74) is 5.09. The molecule has 0 aliphatic heterocycles. The molecule has 0 aromatic carbocycles. The fraction of sp³-hybridized carbons (Fsp3) is 0.667. The molecule has 1 rings (SSSR count). The largest absolute Gasteiger partial charge is 0.425 e. The van der Waals surface area contributed by atoms with Crippen LogP contribution in [0, 0.1) is 5.41 Å². The molecule has 0 aliphatic carbocycles. The van der Waals surface area contributed by atoms with Crippen LogP contribution in [0.2, 0.25) is 0 Å². The Morgan fingerprint density at radius 2 is 1.93 bits per heavy atom. The first-order valence-corrected chi connectivity index (χ1v) is 4.46. The van der Waals surface area contributed by atoms with Gasteiger partial charge >= 0.3 is 0 Å². The third-order valence-electron chi connectivity index (χ3n) is 1.52. The molecule has 0 radical (unpaired) electrons. The molecular formula is C9H15N3O2. The topological polar surface area (TPSA) is 82.0 Å². The maximum absolute atomic E-state index is 10.6. The summed E-state index contributed by atoms with van der Waals surface area (Å²) >= 11 is 0. The van der Waals surface area contributed by atoms with Crippen LogP contribution in [-0.2, 0) is 17.6 Å². The highest BCUT2D eigenvalue weighted by Gasteiger charge is 2.16. The Morgan fingerprint density at radius 1 is 1.36 bits per heavy atom. The summed E-state index contributed by atoms with van der Waals surface area (Å²) in [6.45, 7) is 6.22. The van der Waals surface area contributed by atoms with Crippen LogP contribution in [0.5, 0.6) is 0 Å². The molecule has 2 N–H and O–H groups in total. The molecule has 0 bridgehead atoms. The zero-order chi connectivity index (χ0) is 10.8. The van der Waals surface area contributed by atoms with Crippen LogP contribution in [0.25, 0.3) is 0 Å². The Labute approximate surface area is 82.7 Å². The van der Waals surface area contributed by atoms with Crippen LogP contribution in [0.1, 0.15) is 32.6 Å². The van der Waals surface area contributed by atoms with Gasteiger partial charge in [-0.3, -0.25) is 4.79 Å². The quantitative estimate of drug-likeness (QED) is 0.772. The first-order chi connectivity index (χ1) is 6.37. The lowest BCUT2D eigenvalue weighted by molar-refractivity contribution is -0.117. The molecule has 5 nitrogen and oxygen atoms in total. The van der Waals surface area contributed by atoms with Crippen LogP contribution in [0.4, 0.5) is 0 Å². The van der Waals surface area contributed by atoms with Gasteiger partial charge in [-0.15, -0.1) is 10.2 Å². The van der Waals surface area contributed by atoms with Gasteiger partial charge in [0, 0.05) is 6.42 Å². The molecule has 0 saturated carbocycles. The second-order valence-corrected chi connectivity index (χ2v) is 4.47. The van der Waals surface area contributed by atoms with Gasteiger partial charge in [-0.2, -0.15) is 0 Å². The van der Waals surface area contributed by atoms with Gasteiger partial charge in [0.15, 0.2) is 0 Å². The molecule has 1 heterocycles. The Bertz CT molecular complexity index is 325. The van der Waals surface area contributed by atoms with E-state index >= 15 is 0 Å². The predicted molar refractivity (Wildman–Crippen MR) is 50.4 cm³/mol. The van der Waals surface area contributed by atoms with Gasteiger partial charge in [0.1, 0.15) is 6.42 Å². The van der Waals surface area contributed by atoms with Crippen LogP contribution < -0.4 is 5.73 Å². The molecule has 78 valence electrons. The third kappa shape index (κ3) is 3.55. The van der Waals surface area contributed by atoms with E-state index in [-0.39, 0.29) is 17.7 Å². The number of primary amides is 1. The number of nitrogens with two attached hydrogens (primary N) is 1. The summed E-state index contributed by atoms with van der Waals surface area (Å²) in [4.78, 5) is 10.6. The highest BCUT2D eigenvalue weighted by atomic mass is 16.4. The molecule has 0 fully saturated rings. The monoisotopic (exact) mass is 197 g/mol. The molecule has 0 saturated heterocycles. The van der Waals surface area contributed by atoms with E-state index < -0.39 is 5.91 Å². The van der Waals surface area contributed by atoms with Crippen molar-refractivity contribution in [2.24, 2.45) is 11.1 Å². The van der Waals surface area contributed by atoms with Crippen molar-refractivity contribution < 1.29 is 9.21 Å². The van der Waals surface area contributed by atoms with E-state index in [1.807, 2.05) is 0 Å². The van der Waals surface area contributed by atoms with Crippen molar-refractivity contribution in [1.29, 1.82) is 0 Å². The van der Waals surface area contributed by atoms with Gasteiger partial charge in [-0.1, -0.05) is 20.8 Å². The SMILES string of the molecule is CC(C)(C)Cc1nnc(CC(N)=O)o1. The molecule has 0 spiro atoms. The van der Waals surface area contributed by atoms with Crippen molar-refractivity contribution in [3.8, 4) is 0 Å². The first kappa shape index (κ1) is 10.7. The first-order valence-electron chi connectivity index (χ1n) is 4.46. The zero-order valence-electron chi connectivity index (χ0n) is 8.70. The van der Waals surface area contributed by atoms with E-state index in [2.05, 4.69) is 31.0 Å². The lowest BCUT2D eigenvalue weighted by Crippen LogP contribution is -2.13. The van der Waals surface area contributed by atoms with Crippen molar-refractivity contribution >= 4 is 5.91 Å². The maximum atomic E-state index is 10.6. The second-order valence-electron chi connectivity index (χ2n) is 4.47. The molecule has 0 unspecified atom stereocenters. The average molecular weight is 197 g/mol. The molecule has 14 heavy (non-hydrogen) atoms. The minimum absolute atomic E-state index is 0.0111. The normalized spacial score (nSPS) is 11.6. The second kappa shape index (κ2) is 3.77. The van der Waals surface area contributed by atoms with Crippen LogP contribution in [-0.4, -0.2) is 16.1 Å². The molecule has 1 amide bonds. The van der Waals surface area contributed by atoms with Gasteiger partial charge in [0.2, 0.25) is 17.7 Å². The number of hydrogen-bond donors (Lipinski definition) is 1. The van der Waals surface area contributed by atoms with Gasteiger partial charge in [0.05, 0.1) is 0 Å². The van der Waals surface area contributed by atoms with Gasteiger partial charge in [-0.05, 0) is 5.41 Å². The third-order valence-corrected chi connectivity index (χ3v) is 1.52. The van der Waals surface area contributed by atoms with Crippen molar-refractivity contribution in [2.45, 2.75) is 33.6 Å². The summed E-state index contributed by atoms with van der Waals surface area (Å²) in [6.07, 6.45) is 0.704. The summed E-state index contributed by atoms with van der Waals surface area (Å²) < 4.78 is 5.25. The van der Waals surface area contributed by atoms with E-state index in [9.17, 15) is 4.79 Å². The predicted octanol–water partition coefficient (Wildman–Crippen LogP) is 0.686. The summed E-state index contributed by atoms with van der Waals surface area (Å²) in [5, 5.41) is 7.55. The van der Waals surface area contributed by atoms with Gasteiger partial charge in [-0.25, -0.2) is 0 Å². The smallest absolute Gasteiger partial charge is 0.226 e. The number of amides is 1. The molecule has 1 aromatic rings. The molecule has 5 heteroatoms. The molecule has 0 atom stereocenters. The lowest BCUT2D eigenvalue weighted by Gasteiger charge is -2.14. The van der Waals surface area contributed by atoms with Crippen molar-refractivity contribution in [3.05, 3.63) is 11.8 Å². The van der Waals surface area contributed by atoms with E-state index in [0.29, 0.717) is 12.3 Å². The van der Waals surface area contributed by atoms with Crippen molar-refractivity contribution in [3.63, 3.8) is 0 Å². The van der Waals surface area contributed by atoms with Crippen molar-refractivity contribution in [1.82, 2.24) is 10.2 Å². The van der Waals surface area contributed by atoms with Crippen LogP contribution in [0.3, 0.4) is 0 Å². The van der Waals surface area contributed by atoms with E-state index in [4.69, 9.17) is 10.2 Å². The molecule has 1 aromatic heterocycles. The van der Waals surface area contributed by atoms with Gasteiger partial charge in [0.25, 0.3) is 0 Å². The fourth-order valence-corrected chi connectivity index (χ4v) is 1.03. The van der Waals surface area contributed by atoms with Crippen molar-refractivity contribution in [2.75, 3.05) is 0 Å². The van der Waals surface area contributed by atoms with E-state index in [1.165, 1.54) is 0 Å². The standard InChI is InChI=1S/C9H15N3O2/c1-9(2,3)5-8-12-11-7(14-8)4-6(10)13/h4-5H2,1-3H3,(H2,10,13). The highest BCUT2D eigenvalue weighted by molar-refractivity contribution is 5.75. The minimum Gasteiger partial charge on any atom is -0.425 e. The number of carbonyl (C=O) groups excluding carboxylic acids is 1. The zero-order valence-corrected chi connectivity index (χ0v) is 8.70. The number of rotatable bonds is 3. The van der Waals surface area contributed by atoms with Crippen LogP contribution in [0.15, 0.2) is 4.42 Å². The van der Waals surface area contributed by atoms with Gasteiger partial charge < -0.3 is 10.2 Å². The minimum atomic E-state index is -0.462. The Kier molecular flexibility index (Phi) is 2.88. The Balaban J connectivity index is 2.64. The van der Waals surface area contributed by atoms with E-state index in [0.717, 1.165) is 0 Å². The highest BCUT2D eigenvalue weighted by Crippen LogP contribution is 2.19. The Hall–Kier alpha value is -1.39. The Morgan fingerprint density at radius 3 is 2.43 bits per heavy atom. The molecule has 0 aliphatic rings. The fourth-order valence-electron chi connectivity index (χ4n) is 1.03. The average Bonchev–Trinajstić information content (AvgIpc) is 2.30. The van der Waals surface area contributed by atoms with E-state index in [1.54, 1.807) is 0 Å². The maximum Gasteiger partial charge on any atom is 0.226 e. The molecular weight excluding hydrogens is 182 g/mol. The number of nitrogens with zero attached hydrogens (tertiary/aromatic N) is 2. The lowest BCUT2D eigenvalue weighted by atomic mass is 9.92. The summed E-state index contributed by atoms with van der Waals surface area (Å²) in [5.74, 6) is 0.376. The summed E-state index contributed by atoms with van der Waals surface area (Å²) in [7, 11) is 0. The van der Waals surface area contributed by atoms with Crippen LogP contribution >= 0.6 is 0 Å². The number of carbonyl (C=O) groups is 1. The number of aromatic nitrogens is 2. The number of hydrogen-bond acceptors (Lipinski definition) is 4. The summed E-state index contributed by atoms with van der Waals surface area (Å²) in [6, 6.07) is 0.